The zero-order valence-corrected chi connectivity index (χ0v) is 16.9. The number of carbonyl (C=O) groups is 1. The fourth-order valence-corrected chi connectivity index (χ4v) is 4.04. The highest BCUT2D eigenvalue weighted by Crippen LogP contribution is 2.25. The van der Waals surface area contributed by atoms with Gasteiger partial charge in [-0.3, -0.25) is 4.79 Å². The van der Waals surface area contributed by atoms with Crippen LogP contribution in [0.25, 0.3) is 0 Å². The highest BCUT2D eigenvalue weighted by molar-refractivity contribution is 8.01. The van der Waals surface area contributed by atoms with Crippen LogP contribution in [0.15, 0.2) is 58.9 Å². The lowest BCUT2D eigenvalue weighted by molar-refractivity contribution is -0.118. The summed E-state index contributed by atoms with van der Waals surface area (Å²) in [4.78, 5) is 12.0. The van der Waals surface area contributed by atoms with Crippen LogP contribution in [0.3, 0.4) is 0 Å². The molecule has 0 fully saturated rings. The van der Waals surface area contributed by atoms with E-state index < -0.39 is 0 Å². The molecule has 0 saturated carbocycles. The molecule has 1 amide bonds. The summed E-state index contributed by atoms with van der Waals surface area (Å²) in [6.07, 6.45) is 1.87. The molecule has 0 unspecified atom stereocenters. The van der Waals surface area contributed by atoms with Gasteiger partial charge in [-0.2, -0.15) is 0 Å². The topological polar surface area (TPSA) is 66.9 Å². The second-order valence-electron chi connectivity index (χ2n) is 6.08. The van der Waals surface area contributed by atoms with Crippen LogP contribution in [-0.4, -0.2) is 28.4 Å². The minimum absolute atomic E-state index is 0.00548. The Kier molecular flexibility index (Phi) is 7.81. The monoisotopic (exact) mass is 416 g/mol. The van der Waals surface area contributed by atoms with Gasteiger partial charge in [-0.25, -0.2) is 4.39 Å². The van der Waals surface area contributed by atoms with Crippen molar-refractivity contribution in [3.8, 4) is 0 Å². The minimum atomic E-state index is -0.253. The number of thioether (sulfide) groups is 1. The second-order valence-corrected chi connectivity index (χ2v) is 8.28. The number of anilines is 1. The van der Waals surface area contributed by atoms with Crippen molar-refractivity contribution in [2.45, 2.75) is 23.7 Å². The number of nitrogens with one attached hydrogen (secondary N) is 2. The van der Waals surface area contributed by atoms with Gasteiger partial charge in [0, 0.05) is 13.1 Å². The first-order valence-corrected chi connectivity index (χ1v) is 10.7. The molecule has 0 bridgehead atoms. The van der Waals surface area contributed by atoms with Gasteiger partial charge in [-0.1, -0.05) is 65.6 Å². The van der Waals surface area contributed by atoms with E-state index in [1.165, 1.54) is 40.8 Å². The van der Waals surface area contributed by atoms with E-state index in [4.69, 9.17) is 0 Å². The summed E-state index contributed by atoms with van der Waals surface area (Å²) in [5.74, 6) is 0.0589. The predicted molar refractivity (Wildman–Crippen MR) is 112 cm³/mol. The van der Waals surface area contributed by atoms with Gasteiger partial charge in [0.2, 0.25) is 11.0 Å². The Labute approximate surface area is 171 Å². The van der Waals surface area contributed by atoms with Gasteiger partial charge in [0.25, 0.3) is 0 Å². The first kappa shape index (κ1) is 20.3. The standard InChI is InChI=1S/C20H21FN4OS2/c21-17-10-8-16(9-11-17)13-23-19-24-25-20(28-19)27-14-18(26)22-12-4-7-15-5-2-1-3-6-15/h1-3,5-6,8-11H,4,7,12-14H2,(H,22,26)(H,23,24). The SMILES string of the molecule is O=C(CSc1nnc(NCc2ccc(F)cc2)s1)NCCCc1ccccc1. The molecule has 5 nitrogen and oxygen atoms in total. The fourth-order valence-electron chi connectivity index (χ4n) is 2.46. The van der Waals surface area contributed by atoms with Crippen molar-refractivity contribution < 1.29 is 9.18 Å². The van der Waals surface area contributed by atoms with Crippen LogP contribution in [0.2, 0.25) is 0 Å². The second kappa shape index (κ2) is 10.8. The largest absolute Gasteiger partial charge is 0.356 e. The van der Waals surface area contributed by atoms with E-state index >= 15 is 0 Å². The molecule has 3 rings (SSSR count). The molecule has 8 heteroatoms. The summed E-state index contributed by atoms with van der Waals surface area (Å²) >= 11 is 2.77. The average Bonchev–Trinajstić information content (AvgIpc) is 3.18. The van der Waals surface area contributed by atoms with Gasteiger partial charge in [0.1, 0.15) is 5.82 Å². The van der Waals surface area contributed by atoms with Gasteiger partial charge < -0.3 is 10.6 Å². The smallest absolute Gasteiger partial charge is 0.230 e. The Balaban J connectivity index is 1.32. The molecular weight excluding hydrogens is 395 g/mol. The molecule has 0 aliphatic rings. The molecule has 2 aromatic carbocycles. The van der Waals surface area contributed by atoms with Crippen LogP contribution < -0.4 is 10.6 Å². The zero-order chi connectivity index (χ0) is 19.6. The summed E-state index contributed by atoms with van der Waals surface area (Å²) in [6, 6.07) is 16.5. The van der Waals surface area contributed by atoms with Gasteiger partial charge in [-0.05, 0) is 36.1 Å². The summed E-state index contributed by atoms with van der Waals surface area (Å²) < 4.78 is 13.6. The highest BCUT2D eigenvalue weighted by Gasteiger charge is 2.08. The molecule has 3 aromatic rings. The summed E-state index contributed by atoms with van der Waals surface area (Å²) in [5, 5.41) is 14.9. The van der Waals surface area contributed by atoms with Crippen molar-refractivity contribution in [3.05, 3.63) is 71.5 Å². The lowest BCUT2D eigenvalue weighted by Gasteiger charge is -2.04. The maximum absolute atomic E-state index is 12.9. The summed E-state index contributed by atoms with van der Waals surface area (Å²) in [5.41, 5.74) is 2.24. The number of halogens is 1. The van der Waals surface area contributed by atoms with Crippen LogP contribution in [-0.2, 0) is 17.8 Å². The number of rotatable bonds is 10. The van der Waals surface area contributed by atoms with Crippen molar-refractivity contribution in [2.24, 2.45) is 0 Å². The molecule has 0 aliphatic heterocycles. The van der Waals surface area contributed by atoms with Gasteiger partial charge in [-0.15, -0.1) is 10.2 Å². The number of benzene rings is 2. The molecule has 1 heterocycles. The lowest BCUT2D eigenvalue weighted by Crippen LogP contribution is -2.26. The molecule has 0 saturated heterocycles. The molecule has 28 heavy (non-hydrogen) atoms. The zero-order valence-electron chi connectivity index (χ0n) is 15.2. The fraction of sp³-hybridized carbons (Fsp3) is 0.250. The van der Waals surface area contributed by atoms with Crippen LogP contribution in [0.1, 0.15) is 17.5 Å². The quantitative estimate of drug-likeness (QED) is 0.384. The Morgan fingerprint density at radius 1 is 1.04 bits per heavy atom. The van der Waals surface area contributed by atoms with E-state index in [1.807, 2.05) is 18.2 Å². The van der Waals surface area contributed by atoms with E-state index in [9.17, 15) is 9.18 Å². The highest BCUT2D eigenvalue weighted by atomic mass is 32.2. The Morgan fingerprint density at radius 3 is 2.61 bits per heavy atom. The van der Waals surface area contributed by atoms with Gasteiger partial charge >= 0.3 is 0 Å². The van der Waals surface area contributed by atoms with Crippen molar-refractivity contribution >= 4 is 34.1 Å². The third-order valence-electron chi connectivity index (χ3n) is 3.90. The Hall–Kier alpha value is -2.45. The third kappa shape index (κ3) is 6.94. The van der Waals surface area contributed by atoms with Crippen LogP contribution >= 0.6 is 23.1 Å². The van der Waals surface area contributed by atoms with Crippen molar-refractivity contribution in [1.82, 2.24) is 15.5 Å². The van der Waals surface area contributed by atoms with E-state index in [0.717, 1.165) is 22.7 Å². The molecule has 0 spiro atoms. The van der Waals surface area contributed by atoms with Crippen LogP contribution in [0.4, 0.5) is 9.52 Å². The summed E-state index contributed by atoms with van der Waals surface area (Å²) in [6.45, 7) is 1.20. The maximum Gasteiger partial charge on any atom is 0.230 e. The molecule has 2 N–H and O–H groups in total. The first-order chi connectivity index (χ1) is 13.7. The molecular formula is C20H21FN4OS2. The number of carbonyl (C=O) groups excluding carboxylic acids is 1. The van der Waals surface area contributed by atoms with E-state index in [1.54, 1.807) is 12.1 Å². The number of aromatic nitrogens is 2. The molecule has 146 valence electrons. The normalized spacial score (nSPS) is 10.6. The van der Waals surface area contributed by atoms with Crippen molar-refractivity contribution in [3.63, 3.8) is 0 Å². The van der Waals surface area contributed by atoms with Crippen molar-refractivity contribution in [1.29, 1.82) is 0 Å². The van der Waals surface area contributed by atoms with E-state index in [-0.39, 0.29) is 11.7 Å². The van der Waals surface area contributed by atoms with E-state index in [2.05, 4.69) is 33.0 Å². The van der Waals surface area contributed by atoms with E-state index in [0.29, 0.717) is 24.0 Å². The van der Waals surface area contributed by atoms with Crippen LogP contribution in [0, 0.1) is 5.82 Å². The first-order valence-electron chi connectivity index (χ1n) is 8.94. The number of aryl methyl sites for hydroxylation is 1. The Morgan fingerprint density at radius 2 is 1.82 bits per heavy atom. The molecule has 1 aromatic heterocycles. The number of nitrogens with zero attached hydrogens (tertiary/aromatic N) is 2. The molecule has 0 aliphatic carbocycles. The summed E-state index contributed by atoms with van der Waals surface area (Å²) in [7, 11) is 0. The maximum atomic E-state index is 12.9. The van der Waals surface area contributed by atoms with Gasteiger partial charge in [0.05, 0.1) is 5.75 Å². The minimum Gasteiger partial charge on any atom is -0.356 e. The molecule has 0 atom stereocenters. The Bertz CT molecular complexity index is 871. The van der Waals surface area contributed by atoms with Crippen molar-refractivity contribution in [2.75, 3.05) is 17.6 Å². The number of hydrogen-bond donors (Lipinski definition) is 2. The average molecular weight is 417 g/mol. The number of hydrogen-bond acceptors (Lipinski definition) is 6. The lowest BCUT2D eigenvalue weighted by atomic mass is 10.1. The van der Waals surface area contributed by atoms with Gasteiger partial charge in [0.15, 0.2) is 4.34 Å². The van der Waals surface area contributed by atoms with Crippen LogP contribution in [0.5, 0.6) is 0 Å². The predicted octanol–water partition coefficient (Wildman–Crippen LogP) is 4.13. The number of amides is 1. The molecule has 0 radical (unpaired) electrons. The third-order valence-corrected chi connectivity index (χ3v) is 5.91.